The maximum atomic E-state index is 12.2. The molecule has 0 aliphatic carbocycles. The van der Waals surface area contributed by atoms with Gasteiger partial charge in [-0.2, -0.15) is 0 Å². The third-order valence-electron chi connectivity index (χ3n) is 3.52. The summed E-state index contributed by atoms with van der Waals surface area (Å²) in [4.78, 5) is 20.4. The van der Waals surface area contributed by atoms with E-state index in [1.54, 1.807) is 31.6 Å². The maximum absolute atomic E-state index is 12.2. The Morgan fingerprint density at radius 2 is 1.96 bits per heavy atom. The summed E-state index contributed by atoms with van der Waals surface area (Å²) in [5.74, 6) is 1.03. The minimum absolute atomic E-state index is 0.243. The summed E-state index contributed by atoms with van der Waals surface area (Å²) >= 11 is 0. The van der Waals surface area contributed by atoms with Crippen LogP contribution >= 0.6 is 0 Å². The molecular weight excluding hydrogens is 292 g/mol. The van der Waals surface area contributed by atoms with E-state index in [1.807, 2.05) is 35.9 Å². The zero-order valence-electron chi connectivity index (χ0n) is 12.9. The van der Waals surface area contributed by atoms with Crippen molar-refractivity contribution in [1.82, 2.24) is 14.5 Å². The van der Waals surface area contributed by atoms with Gasteiger partial charge in [0, 0.05) is 25.0 Å². The molecule has 6 heteroatoms. The van der Waals surface area contributed by atoms with Gasteiger partial charge >= 0.3 is 0 Å². The van der Waals surface area contributed by atoms with Crippen molar-refractivity contribution in [2.24, 2.45) is 7.05 Å². The number of rotatable bonds is 4. The Balaban J connectivity index is 1.83. The number of amides is 1. The Kier molecular flexibility index (Phi) is 4.05. The van der Waals surface area contributed by atoms with Crippen molar-refractivity contribution in [3.63, 3.8) is 0 Å². The first-order valence-electron chi connectivity index (χ1n) is 7.06. The fraction of sp³-hybridized carbons (Fsp3) is 0.118. The van der Waals surface area contributed by atoms with Crippen molar-refractivity contribution in [1.29, 1.82) is 0 Å². The lowest BCUT2D eigenvalue weighted by Crippen LogP contribution is -2.15. The highest BCUT2D eigenvalue weighted by Gasteiger charge is 2.12. The lowest BCUT2D eigenvalue weighted by atomic mass is 10.1. The van der Waals surface area contributed by atoms with Crippen molar-refractivity contribution in [3.05, 3.63) is 60.6 Å². The van der Waals surface area contributed by atoms with Gasteiger partial charge < -0.3 is 9.30 Å². The van der Waals surface area contributed by atoms with Crippen LogP contribution in [0.5, 0.6) is 5.75 Å². The molecule has 0 saturated heterocycles. The van der Waals surface area contributed by atoms with E-state index >= 15 is 0 Å². The first-order valence-corrected chi connectivity index (χ1v) is 7.06. The second kappa shape index (κ2) is 6.31. The number of anilines is 1. The number of carbonyl (C=O) groups is 1. The SMILES string of the molecule is COc1ccc(-c2cnc(NC(=O)c3cccnc3)n2C)cc1. The first-order chi connectivity index (χ1) is 11.2. The van der Waals surface area contributed by atoms with Crippen LogP contribution in [0, 0.1) is 0 Å². The summed E-state index contributed by atoms with van der Waals surface area (Å²) in [7, 11) is 3.48. The quantitative estimate of drug-likeness (QED) is 0.804. The average Bonchev–Trinajstić information content (AvgIpc) is 2.96. The van der Waals surface area contributed by atoms with Gasteiger partial charge in [-0.05, 0) is 36.4 Å². The van der Waals surface area contributed by atoms with Gasteiger partial charge in [0.1, 0.15) is 5.75 Å². The van der Waals surface area contributed by atoms with E-state index in [0.29, 0.717) is 11.5 Å². The van der Waals surface area contributed by atoms with Gasteiger partial charge in [0.05, 0.1) is 24.6 Å². The molecule has 6 nitrogen and oxygen atoms in total. The number of hydrogen-bond donors (Lipinski definition) is 1. The number of aromatic nitrogens is 3. The summed E-state index contributed by atoms with van der Waals surface area (Å²) in [6.07, 6.45) is 4.86. The minimum atomic E-state index is -0.243. The Labute approximate surface area is 133 Å². The molecule has 0 atom stereocenters. The Bertz CT molecular complexity index is 810. The topological polar surface area (TPSA) is 69.0 Å². The van der Waals surface area contributed by atoms with Gasteiger partial charge in [-0.1, -0.05) is 0 Å². The molecule has 0 spiro atoms. The van der Waals surface area contributed by atoms with E-state index in [-0.39, 0.29) is 5.91 Å². The Morgan fingerprint density at radius 3 is 2.61 bits per heavy atom. The number of ether oxygens (including phenoxy) is 1. The van der Waals surface area contributed by atoms with Gasteiger partial charge in [0.15, 0.2) is 0 Å². The predicted octanol–water partition coefficient (Wildman–Crippen LogP) is 2.74. The molecule has 3 aromatic rings. The number of benzene rings is 1. The maximum Gasteiger partial charge on any atom is 0.259 e. The van der Waals surface area contributed by atoms with Crippen LogP contribution in [0.15, 0.2) is 55.0 Å². The molecule has 0 fully saturated rings. The molecule has 0 bridgehead atoms. The summed E-state index contributed by atoms with van der Waals surface area (Å²) in [6.45, 7) is 0. The third-order valence-corrected chi connectivity index (χ3v) is 3.52. The van der Waals surface area contributed by atoms with Crippen molar-refractivity contribution >= 4 is 11.9 Å². The largest absolute Gasteiger partial charge is 0.497 e. The number of carbonyl (C=O) groups excluding carboxylic acids is 1. The van der Waals surface area contributed by atoms with Gasteiger partial charge in [0.25, 0.3) is 5.91 Å². The number of pyridine rings is 1. The molecule has 0 unspecified atom stereocenters. The van der Waals surface area contributed by atoms with Gasteiger partial charge in [-0.3, -0.25) is 15.1 Å². The highest BCUT2D eigenvalue weighted by molar-refractivity contribution is 6.03. The molecular formula is C17H16N4O2. The second-order valence-electron chi connectivity index (χ2n) is 4.95. The van der Waals surface area contributed by atoms with Crippen LogP contribution in [0.4, 0.5) is 5.95 Å². The van der Waals surface area contributed by atoms with Gasteiger partial charge in [0.2, 0.25) is 5.95 Å². The highest BCUT2D eigenvalue weighted by Crippen LogP contribution is 2.24. The lowest BCUT2D eigenvalue weighted by Gasteiger charge is -2.08. The van der Waals surface area contributed by atoms with Crippen LogP contribution < -0.4 is 10.1 Å². The van der Waals surface area contributed by atoms with E-state index < -0.39 is 0 Å². The molecule has 0 aliphatic rings. The second-order valence-corrected chi connectivity index (χ2v) is 4.95. The number of hydrogen-bond acceptors (Lipinski definition) is 4. The number of nitrogens with one attached hydrogen (secondary N) is 1. The first kappa shape index (κ1) is 14.8. The molecule has 0 aliphatic heterocycles. The molecule has 3 rings (SSSR count). The lowest BCUT2D eigenvalue weighted by molar-refractivity contribution is 0.102. The van der Waals surface area contributed by atoms with Crippen molar-refractivity contribution in [2.75, 3.05) is 12.4 Å². The smallest absolute Gasteiger partial charge is 0.259 e. The van der Waals surface area contributed by atoms with Crippen molar-refractivity contribution in [2.45, 2.75) is 0 Å². The zero-order valence-corrected chi connectivity index (χ0v) is 12.9. The molecule has 0 saturated carbocycles. The monoisotopic (exact) mass is 308 g/mol. The summed E-state index contributed by atoms with van der Waals surface area (Å²) < 4.78 is 6.99. The Hall–Kier alpha value is -3.15. The van der Waals surface area contributed by atoms with E-state index in [1.165, 1.54) is 6.20 Å². The fourth-order valence-corrected chi connectivity index (χ4v) is 2.23. The van der Waals surface area contributed by atoms with Crippen LogP contribution in [0.25, 0.3) is 11.3 Å². The highest BCUT2D eigenvalue weighted by atomic mass is 16.5. The van der Waals surface area contributed by atoms with E-state index in [2.05, 4.69) is 15.3 Å². The van der Waals surface area contributed by atoms with Gasteiger partial charge in [-0.15, -0.1) is 0 Å². The molecule has 23 heavy (non-hydrogen) atoms. The van der Waals surface area contributed by atoms with Crippen LogP contribution in [0.1, 0.15) is 10.4 Å². The predicted molar refractivity (Wildman–Crippen MR) is 87.4 cm³/mol. The van der Waals surface area contributed by atoms with E-state index in [4.69, 9.17) is 4.74 Å². The summed E-state index contributed by atoms with van der Waals surface area (Å²) in [5, 5.41) is 2.79. The standard InChI is InChI=1S/C17H16N4O2/c1-21-15(12-5-7-14(23-2)8-6-12)11-19-17(21)20-16(22)13-4-3-9-18-10-13/h3-11H,1-2H3,(H,19,20,22). The van der Waals surface area contributed by atoms with Crippen LogP contribution in [0.2, 0.25) is 0 Å². The molecule has 1 N–H and O–H groups in total. The molecule has 116 valence electrons. The molecule has 1 aromatic carbocycles. The molecule has 2 aromatic heterocycles. The van der Waals surface area contributed by atoms with Crippen molar-refractivity contribution < 1.29 is 9.53 Å². The number of nitrogens with zero attached hydrogens (tertiary/aromatic N) is 3. The zero-order chi connectivity index (χ0) is 16.2. The minimum Gasteiger partial charge on any atom is -0.497 e. The van der Waals surface area contributed by atoms with Crippen LogP contribution in [-0.2, 0) is 7.05 Å². The van der Waals surface area contributed by atoms with Gasteiger partial charge in [-0.25, -0.2) is 4.98 Å². The van der Waals surface area contributed by atoms with Crippen LogP contribution in [-0.4, -0.2) is 27.6 Å². The van der Waals surface area contributed by atoms with Crippen molar-refractivity contribution in [3.8, 4) is 17.0 Å². The van der Waals surface area contributed by atoms with E-state index in [0.717, 1.165) is 17.0 Å². The summed E-state index contributed by atoms with van der Waals surface area (Å²) in [5.41, 5.74) is 2.37. The number of imidazole rings is 1. The average molecular weight is 308 g/mol. The molecule has 0 radical (unpaired) electrons. The third kappa shape index (κ3) is 3.06. The molecule has 1 amide bonds. The van der Waals surface area contributed by atoms with E-state index in [9.17, 15) is 4.79 Å². The summed E-state index contributed by atoms with van der Waals surface area (Å²) in [6, 6.07) is 11.1. The molecule has 2 heterocycles. The Morgan fingerprint density at radius 1 is 1.17 bits per heavy atom. The van der Waals surface area contributed by atoms with Crippen LogP contribution in [0.3, 0.4) is 0 Å². The normalized spacial score (nSPS) is 10.3. The fourth-order valence-electron chi connectivity index (χ4n) is 2.23. The number of methoxy groups -OCH3 is 1.